The summed E-state index contributed by atoms with van der Waals surface area (Å²) in [7, 11) is 0. The third-order valence-corrected chi connectivity index (χ3v) is 9.94. The van der Waals surface area contributed by atoms with Gasteiger partial charge in [-0.3, -0.25) is 14.6 Å². The Morgan fingerprint density at radius 3 is 2.07 bits per heavy atom. The minimum absolute atomic E-state index is 0.219. The lowest BCUT2D eigenvalue weighted by atomic mass is 10.0. The summed E-state index contributed by atoms with van der Waals surface area (Å²) in [6.45, 7) is 15.7. The van der Waals surface area contributed by atoms with E-state index >= 15 is 0 Å². The highest BCUT2D eigenvalue weighted by Crippen LogP contribution is 2.32. The molecule has 278 valence electrons. The monoisotopic (exact) mass is 789 g/mol. The first-order valence-electron chi connectivity index (χ1n) is 18.1. The Balaban J connectivity index is 1.29. The third-order valence-electron chi connectivity index (χ3n) is 9.45. The first-order chi connectivity index (χ1) is 26.1. The van der Waals surface area contributed by atoms with Gasteiger partial charge in [-0.15, -0.1) is 0 Å². The number of pyridine rings is 1. The highest BCUT2D eigenvalue weighted by atomic mass is 79.9. The topological polar surface area (TPSA) is 130 Å². The van der Waals surface area contributed by atoms with Crippen LogP contribution in [0.25, 0.3) is 22.6 Å². The predicted molar refractivity (Wildman–Crippen MR) is 218 cm³/mol. The first kappa shape index (κ1) is 38.0. The number of hydrogen-bond donors (Lipinski definition) is 2. The maximum atomic E-state index is 14.2. The molecule has 0 bridgehead atoms. The number of nitrogens with zero attached hydrogens (tertiary/aromatic N) is 5. The summed E-state index contributed by atoms with van der Waals surface area (Å²) < 4.78 is 12.3. The summed E-state index contributed by atoms with van der Waals surface area (Å²) >= 11 is 3.54. The average Bonchev–Trinajstić information content (AvgIpc) is 3.78. The van der Waals surface area contributed by atoms with Gasteiger partial charge in [-0.25, -0.2) is 0 Å². The molecule has 0 spiro atoms. The van der Waals surface area contributed by atoms with Crippen molar-refractivity contribution in [3.8, 4) is 22.6 Å². The van der Waals surface area contributed by atoms with Gasteiger partial charge in [0.15, 0.2) is 5.76 Å². The summed E-state index contributed by atoms with van der Waals surface area (Å²) in [5, 5.41) is 14.7. The second-order valence-electron chi connectivity index (χ2n) is 12.8. The van der Waals surface area contributed by atoms with Crippen LogP contribution in [-0.4, -0.2) is 53.3 Å². The van der Waals surface area contributed by atoms with Gasteiger partial charge in [-0.2, -0.15) is 0 Å². The van der Waals surface area contributed by atoms with Gasteiger partial charge in [-0.05, 0) is 119 Å². The van der Waals surface area contributed by atoms with Gasteiger partial charge in [0.05, 0.1) is 5.69 Å². The lowest BCUT2D eigenvalue weighted by molar-refractivity contribution is 0.101. The van der Waals surface area contributed by atoms with Crippen LogP contribution in [0.5, 0.6) is 0 Å². The first-order valence-corrected chi connectivity index (χ1v) is 18.9. The van der Waals surface area contributed by atoms with Crippen LogP contribution >= 0.6 is 15.9 Å². The molecule has 3 aromatic carbocycles. The zero-order valence-corrected chi connectivity index (χ0v) is 33.0. The van der Waals surface area contributed by atoms with E-state index < -0.39 is 0 Å². The van der Waals surface area contributed by atoms with E-state index in [9.17, 15) is 9.59 Å². The van der Waals surface area contributed by atoms with Crippen LogP contribution in [0.3, 0.4) is 0 Å². The fourth-order valence-electron chi connectivity index (χ4n) is 6.52. The zero-order chi connectivity index (χ0) is 38.4. The number of nitrogens with one attached hydrogen (secondary N) is 2. The van der Waals surface area contributed by atoms with E-state index in [1.165, 1.54) is 0 Å². The van der Waals surface area contributed by atoms with E-state index in [1.54, 1.807) is 13.1 Å². The van der Waals surface area contributed by atoms with Crippen molar-refractivity contribution in [1.82, 2.24) is 15.3 Å². The summed E-state index contributed by atoms with van der Waals surface area (Å²) in [4.78, 5) is 36.8. The van der Waals surface area contributed by atoms with Crippen molar-refractivity contribution in [1.29, 1.82) is 0 Å². The molecule has 54 heavy (non-hydrogen) atoms. The van der Waals surface area contributed by atoms with Crippen molar-refractivity contribution in [3.63, 3.8) is 0 Å². The number of aromatic nitrogens is 3. The molecule has 6 rings (SSSR count). The smallest absolute Gasteiger partial charge is 0.261 e. The largest absolute Gasteiger partial charge is 0.372 e. The molecule has 0 atom stereocenters. The maximum Gasteiger partial charge on any atom is 0.261 e. The van der Waals surface area contributed by atoms with Gasteiger partial charge >= 0.3 is 0 Å². The normalized spacial score (nSPS) is 11.0. The summed E-state index contributed by atoms with van der Waals surface area (Å²) in [5.41, 5.74) is 7.73. The molecule has 0 aliphatic carbocycles. The van der Waals surface area contributed by atoms with Gasteiger partial charge in [0.1, 0.15) is 28.3 Å². The Morgan fingerprint density at radius 2 is 1.39 bits per heavy atom. The lowest BCUT2D eigenvalue weighted by Gasteiger charge is -2.22. The molecule has 0 saturated heterocycles. The number of carbonyl (C=O) groups excluding carboxylic acids is 2. The molecular weight excluding hydrogens is 746 g/mol. The van der Waals surface area contributed by atoms with E-state index in [0.29, 0.717) is 45.5 Å². The fraction of sp³-hybridized carbons (Fsp3) is 0.262. The van der Waals surface area contributed by atoms with Crippen molar-refractivity contribution in [2.45, 2.75) is 48.0 Å². The second-order valence-corrected chi connectivity index (χ2v) is 13.7. The van der Waals surface area contributed by atoms with Crippen LogP contribution in [0.2, 0.25) is 0 Å². The second kappa shape index (κ2) is 16.9. The van der Waals surface area contributed by atoms with E-state index in [0.717, 1.165) is 58.7 Å². The minimum atomic E-state index is -0.361. The molecule has 3 heterocycles. The molecule has 0 aliphatic heterocycles. The molecule has 0 radical (unpaired) electrons. The zero-order valence-electron chi connectivity index (χ0n) is 31.4. The molecule has 2 amide bonds. The molecule has 0 fully saturated rings. The Morgan fingerprint density at radius 1 is 0.722 bits per heavy atom. The van der Waals surface area contributed by atoms with Crippen LogP contribution in [0.15, 0.2) is 98.6 Å². The number of halogens is 1. The fourth-order valence-corrected chi connectivity index (χ4v) is 6.92. The molecule has 2 N–H and O–H groups in total. The standard InChI is InChI=1S/C42H44BrN7O4/c1-7-49(8-2)32-16-14-31(15-17-32)45-41(51)37-27(6)53-48-40(37)35-23-28(20-21-44-35)24-36-38(39(47-54-36)29-12-11-13-30(43)25-29)42(52)46-34-19-18-33(22-26(34)5)50(9-3)10-4/h11-23,25H,7-10,24H2,1-6H3,(H,45,51)(H,46,52). The van der Waals surface area contributed by atoms with Crippen LogP contribution < -0.4 is 20.4 Å². The van der Waals surface area contributed by atoms with Gasteiger partial charge in [0.25, 0.3) is 11.8 Å². The number of aryl methyl sites for hydroxylation is 2. The Hall–Kier alpha value is -5.75. The van der Waals surface area contributed by atoms with E-state index in [4.69, 9.17) is 9.05 Å². The number of carbonyl (C=O) groups is 2. The van der Waals surface area contributed by atoms with Crippen molar-refractivity contribution >= 4 is 50.5 Å². The SMILES string of the molecule is CCN(CC)c1ccc(NC(=O)c2c(-c3cc(Cc4onc(-c5cccc(Br)c5)c4C(=O)Nc4ccc(N(CC)CC)cc4C)ccn3)noc2C)cc1. The summed E-state index contributed by atoms with van der Waals surface area (Å²) in [6, 6.07) is 25.0. The van der Waals surface area contributed by atoms with Crippen molar-refractivity contribution in [2.24, 2.45) is 0 Å². The number of anilines is 4. The highest BCUT2D eigenvalue weighted by Gasteiger charge is 2.27. The van der Waals surface area contributed by atoms with Gasteiger partial charge in [0.2, 0.25) is 0 Å². The van der Waals surface area contributed by atoms with Crippen LogP contribution in [0.4, 0.5) is 22.7 Å². The van der Waals surface area contributed by atoms with Gasteiger partial charge < -0.3 is 29.5 Å². The van der Waals surface area contributed by atoms with Gasteiger partial charge in [0, 0.05) is 71.6 Å². The quantitative estimate of drug-likeness (QED) is 0.111. The predicted octanol–water partition coefficient (Wildman–Crippen LogP) is 9.56. The average molecular weight is 791 g/mol. The lowest BCUT2D eigenvalue weighted by Crippen LogP contribution is -2.22. The maximum absolute atomic E-state index is 14.2. The molecule has 0 unspecified atom stereocenters. The van der Waals surface area contributed by atoms with E-state index in [2.05, 4.69) is 85.4 Å². The molecule has 12 heteroatoms. The van der Waals surface area contributed by atoms with E-state index in [-0.39, 0.29) is 23.8 Å². The van der Waals surface area contributed by atoms with Crippen LogP contribution in [0.1, 0.15) is 71.1 Å². The van der Waals surface area contributed by atoms with Crippen LogP contribution in [-0.2, 0) is 6.42 Å². The molecule has 0 saturated carbocycles. The van der Waals surface area contributed by atoms with Crippen molar-refractivity contribution in [3.05, 3.63) is 123 Å². The Bertz CT molecular complexity index is 2260. The number of amides is 2. The number of hydrogen-bond acceptors (Lipinski definition) is 9. The molecule has 11 nitrogen and oxygen atoms in total. The van der Waals surface area contributed by atoms with E-state index in [1.807, 2.05) is 79.7 Å². The number of benzene rings is 3. The highest BCUT2D eigenvalue weighted by molar-refractivity contribution is 9.10. The summed E-state index contributed by atoms with van der Waals surface area (Å²) in [5.74, 6) is 0.0347. The van der Waals surface area contributed by atoms with Crippen LogP contribution in [0, 0.1) is 13.8 Å². The van der Waals surface area contributed by atoms with Crippen molar-refractivity contribution < 1.29 is 18.6 Å². The number of rotatable bonds is 14. The molecular formula is C42H44BrN7O4. The van der Waals surface area contributed by atoms with Gasteiger partial charge in [-0.1, -0.05) is 38.4 Å². The molecule has 6 aromatic rings. The third kappa shape index (κ3) is 8.23. The molecule has 0 aliphatic rings. The molecule has 3 aromatic heterocycles. The Kier molecular flexibility index (Phi) is 11.9. The van der Waals surface area contributed by atoms with Crippen molar-refractivity contribution in [2.75, 3.05) is 46.6 Å². The summed E-state index contributed by atoms with van der Waals surface area (Å²) in [6.07, 6.45) is 1.85. The minimum Gasteiger partial charge on any atom is -0.372 e. The Labute approximate surface area is 323 Å².